The number of aromatic nitrogens is 3. The molecule has 0 saturated heterocycles. The van der Waals surface area contributed by atoms with E-state index in [1.807, 2.05) is 30.8 Å². The molecule has 2 aromatic heterocycles. The summed E-state index contributed by atoms with van der Waals surface area (Å²) in [4.78, 5) is 16.2. The molecule has 0 radical (unpaired) electrons. The van der Waals surface area contributed by atoms with E-state index in [1.165, 1.54) is 11.3 Å². The van der Waals surface area contributed by atoms with Crippen molar-refractivity contribution >= 4 is 17.1 Å². The smallest absolute Gasteiger partial charge is 0.188 e. The Morgan fingerprint density at radius 2 is 2.33 bits per heavy atom. The predicted molar refractivity (Wildman–Crippen MR) is 70.7 cm³/mol. The lowest BCUT2D eigenvalue weighted by molar-refractivity contribution is 0.0987. The predicted octanol–water partition coefficient (Wildman–Crippen LogP) is 1.80. The third kappa shape index (κ3) is 2.83. The number of nitrogens with zero attached hydrogens (tertiary/aromatic N) is 3. The fourth-order valence-corrected chi connectivity index (χ4v) is 2.23. The molecule has 0 spiro atoms. The van der Waals surface area contributed by atoms with Crippen LogP contribution in [0.1, 0.15) is 41.1 Å². The summed E-state index contributed by atoms with van der Waals surface area (Å²) in [5.41, 5.74) is 6.73. The number of carbonyl (C=O) groups is 1. The van der Waals surface area contributed by atoms with Crippen LogP contribution in [0.4, 0.5) is 0 Å². The largest absolute Gasteiger partial charge is 0.325 e. The van der Waals surface area contributed by atoms with E-state index < -0.39 is 0 Å². The quantitative estimate of drug-likeness (QED) is 0.836. The standard InChI is InChI=1S/C12H16N4OS/c1-8(2)16-4-3-9(15-16)5-11(17)10-7-18-12(6-13)14-10/h3-4,7-8H,5-6,13H2,1-2H3. The molecule has 18 heavy (non-hydrogen) atoms. The molecule has 2 aromatic rings. The minimum absolute atomic E-state index is 0.0139. The Labute approximate surface area is 110 Å². The lowest BCUT2D eigenvalue weighted by atomic mass is 10.2. The SMILES string of the molecule is CC(C)n1ccc(CC(=O)c2csc(CN)n2)n1. The van der Waals surface area contributed by atoms with Crippen molar-refractivity contribution in [3.8, 4) is 0 Å². The van der Waals surface area contributed by atoms with E-state index in [9.17, 15) is 4.79 Å². The number of carbonyl (C=O) groups excluding carboxylic acids is 1. The van der Waals surface area contributed by atoms with Crippen LogP contribution in [-0.4, -0.2) is 20.5 Å². The maximum absolute atomic E-state index is 12.0. The highest BCUT2D eigenvalue weighted by Crippen LogP contribution is 2.12. The first-order valence-electron chi connectivity index (χ1n) is 5.82. The van der Waals surface area contributed by atoms with Crippen molar-refractivity contribution in [2.75, 3.05) is 0 Å². The highest BCUT2D eigenvalue weighted by atomic mass is 32.1. The van der Waals surface area contributed by atoms with Crippen LogP contribution in [-0.2, 0) is 13.0 Å². The summed E-state index contributed by atoms with van der Waals surface area (Å²) in [6.45, 7) is 4.47. The fraction of sp³-hybridized carbons (Fsp3) is 0.417. The molecular formula is C12H16N4OS. The van der Waals surface area contributed by atoms with Gasteiger partial charge in [-0.15, -0.1) is 11.3 Å². The highest BCUT2D eigenvalue weighted by Gasteiger charge is 2.13. The molecule has 0 aromatic carbocycles. The number of rotatable bonds is 5. The Kier molecular flexibility index (Phi) is 3.88. The molecule has 96 valence electrons. The van der Waals surface area contributed by atoms with Crippen LogP contribution in [0.25, 0.3) is 0 Å². The van der Waals surface area contributed by atoms with Crippen LogP contribution < -0.4 is 5.73 Å². The van der Waals surface area contributed by atoms with E-state index in [0.29, 0.717) is 18.3 Å². The molecule has 0 saturated carbocycles. The minimum atomic E-state index is -0.0139. The van der Waals surface area contributed by atoms with E-state index in [0.717, 1.165) is 10.7 Å². The van der Waals surface area contributed by atoms with Gasteiger partial charge in [0.2, 0.25) is 0 Å². The monoisotopic (exact) mass is 264 g/mol. The third-order valence-corrected chi connectivity index (χ3v) is 3.42. The van der Waals surface area contributed by atoms with Gasteiger partial charge in [-0.2, -0.15) is 5.10 Å². The van der Waals surface area contributed by atoms with E-state index in [4.69, 9.17) is 5.73 Å². The van der Waals surface area contributed by atoms with Gasteiger partial charge in [0.25, 0.3) is 0 Å². The van der Waals surface area contributed by atoms with Gasteiger partial charge in [0.1, 0.15) is 10.7 Å². The van der Waals surface area contributed by atoms with Gasteiger partial charge in [-0.25, -0.2) is 4.98 Å². The van der Waals surface area contributed by atoms with Crippen molar-refractivity contribution in [2.45, 2.75) is 32.9 Å². The van der Waals surface area contributed by atoms with Gasteiger partial charge in [0.05, 0.1) is 12.1 Å². The van der Waals surface area contributed by atoms with Gasteiger partial charge in [0, 0.05) is 24.2 Å². The number of ketones is 1. The zero-order valence-corrected chi connectivity index (χ0v) is 11.3. The summed E-state index contributed by atoms with van der Waals surface area (Å²) in [5.74, 6) is -0.0139. The average Bonchev–Trinajstić information content (AvgIpc) is 2.96. The number of hydrogen-bond acceptors (Lipinski definition) is 5. The van der Waals surface area contributed by atoms with Crippen LogP contribution in [0.3, 0.4) is 0 Å². The Balaban J connectivity index is 2.06. The first kappa shape index (κ1) is 12.9. The van der Waals surface area contributed by atoms with Crippen molar-refractivity contribution in [1.82, 2.24) is 14.8 Å². The molecule has 5 nitrogen and oxygen atoms in total. The summed E-state index contributed by atoms with van der Waals surface area (Å²) in [5, 5.41) is 6.89. The molecule has 0 amide bonds. The molecule has 6 heteroatoms. The summed E-state index contributed by atoms with van der Waals surface area (Å²) in [6, 6.07) is 2.17. The second-order valence-electron chi connectivity index (χ2n) is 4.31. The van der Waals surface area contributed by atoms with Gasteiger partial charge < -0.3 is 5.73 Å². The van der Waals surface area contributed by atoms with Crippen molar-refractivity contribution in [2.24, 2.45) is 5.73 Å². The second-order valence-corrected chi connectivity index (χ2v) is 5.25. The lowest BCUT2D eigenvalue weighted by Crippen LogP contribution is -2.07. The number of thiazole rings is 1. The Hall–Kier alpha value is -1.53. The zero-order chi connectivity index (χ0) is 13.1. The second kappa shape index (κ2) is 5.41. The van der Waals surface area contributed by atoms with Crippen LogP contribution >= 0.6 is 11.3 Å². The van der Waals surface area contributed by atoms with Crippen LogP contribution in [0, 0.1) is 0 Å². The summed E-state index contributed by atoms with van der Waals surface area (Å²) in [6.07, 6.45) is 2.17. The molecule has 0 aliphatic rings. The number of hydrogen-bond donors (Lipinski definition) is 1. The molecule has 0 fully saturated rings. The van der Waals surface area contributed by atoms with Gasteiger partial charge in [-0.1, -0.05) is 0 Å². The third-order valence-electron chi connectivity index (χ3n) is 2.55. The van der Waals surface area contributed by atoms with Crippen LogP contribution in [0.15, 0.2) is 17.6 Å². The normalized spacial score (nSPS) is 11.1. The summed E-state index contributed by atoms with van der Waals surface area (Å²) >= 11 is 1.42. The van der Waals surface area contributed by atoms with E-state index in [1.54, 1.807) is 5.38 Å². The van der Waals surface area contributed by atoms with E-state index >= 15 is 0 Å². The summed E-state index contributed by atoms with van der Waals surface area (Å²) in [7, 11) is 0. The lowest BCUT2D eigenvalue weighted by Gasteiger charge is -2.03. The van der Waals surface area contributed by atoms with Crippen LogP contribution in [0.5, 0.6) is 0 Å². The minimum Gasteiger partial charge on any atom is -0.325 e. The van der Waals surface area contributed by atoms with Gasteiger partial charge >= 0.3 is 0 Å². The van der Waals surface area contributed by atoms with Crippen molar-refractivity contribution < 1.29 is 4.79 Å². The molecule has 2 heterocycles. The number of Topliss-reactive ketones (excluding diaryl/α,β-unsaturated/α-hetero) is 1. The molecule has 0 atom stereocenters. The Bertz CT molecular complexity index is 544. The van der Waals surface area contributed by atoms with Crippen molar-refractivity contribution in [1.29, 1.82) is 0 Å². The fourth-order valence-electron chi connectivity index (χ4n) is 1.55. The molecule has 0 aliphatic heterocycles. The maximum atomic E-state index is 12.0. The average molecular weight is 264 g/mol. The topological polar surface area (TPSA) is 73.8 Å². The van der Waals surface area contributed by atoms with Gasteiger partial charge in [-0.05, 0) is 19.9 Å². The first-order valence-corrected chi connectivity index (χ1v) is 6.70. The van der Waals surface area contributed by atoms with Crippen molar-refractivity contribution in [3.05, 3.63) is 34.0 Å². The zero-order valence-electron chi connectivity index (χ0n) is 10.5. The molecule has 2 N–H and O–H groups in total. The van der Waals surface area contributed by atoms with Gasteiger partial charge in [0.15, 0.2) is 5.78 Å². The maximum Gasteiger partial charge on any atom is 0.188 e. The van der Waals surface area contributed by atoms with Crippen LogP contribution in [0.2, 0.25) is 0 Å². The Morgan fingerprint density at radius 3 is 2.89 bits per heavy atom. The molecule has 2 rings (SSSR count). The first-order chi connectivity index (χ1) is 8.60. The van der Waals surface area contributed by atoms with Gasteiger partial charge in [-0.3, -0.25) is 9.48 Å². The molecule has 0 aliphatic carbocycles. The molecule has 0 unspecified atom stereocenters. The number of nitrogens with two attached hydrogens (primary N) is 1. The Morgan fingerprint density at radius 1 is 1.56 bits per heavy atom. The highest BCUT2D eigenvalue weighted by molar-refractivity contribution is 7.09. The molecule has 0 bridgehead atoms. The van der Waals surface area contributed by atoms with E-state index in [2.05, 4.69) is 10.1 Å². The van der Waals surface area contributed by atoms with Crippen molar-refractivity contribution in [3.63, 3.8) is 0 Å². The molecular weight excluding hydrogens is 248 g/mol. The van der Waals surface area contributed by atoms with E-state index in [-0.39, 0.29) is 12.2 Å². The summed E-state index contributed by atoms with van der Waals surface area (Å²) < 4.78 is 1.84.